The smallest absolute Gasteiger partial charge is 0.0638 e. The Morgan fingerprint density at radius 1 is 1.60 bits per heavy atom. The maximum absolute atomic E-state index is 5.20. The van der Waals surface area contributed by atoms with Gasteiger partial charge in [0, 0.05) is 31.3 Å². The summed E-state index contributed by atoms with van der Waals surface area (Å²) in [6.45, 7) is 6.95. The lowest BCUT2D eigenvalue weighted by Gasteiger charge is -1.98. The van der Waals surface area contributed by atoms with Gasteiger partial charge in [-0.05, 0) is 19.9 Å². The number of rotatable bonds is 6. The maximum Gasteiger partial charge on any atom is 0.0638 e. The minimum atomic E-state index is 0.821. The zero-order valence-electron chi connectivity index (χ0n) is 9.58. The molecular formula is C12H19N3. The molecule has 0 saturated heterocycles. The molecule has 1 heterocycles. The van der Waals surface area contributed by atoms with E-state index in [9.17, 15) is 0 Å². The Hall–Kier alpha value is -1.27. The van der Waals surface area contributed by atoms with Gasteiger partial charge in [0.15, 0.2) is 0 Å². The van der Waals surface area contributed by atoms with Crippen molar-refractivity contribution >= 4 is 0 Å². The van der Waals surface area contributed by atoms with Crippen molar-refractivity contribution in [1.82, 2.24) is 15.1 Å². The number of nitrogens with zero attached hydrogens (tertiary/aromatic N) is 2. The summed E-state index contributed by atoms with van der Waals surface area (Å²) in [6.07, 6.45) is 9.13. The van der Waals surface area contributed by atoms with Crippen LogP contribution in [0.25, 0.3) is 0 Å². The second-order valence-electron chi connectivity index (χ2n) is 3.59. The first-order valence-corrected chi connectivity index (χ1v) is 5.45. The van der Waals surface area contributed by atoms with Crippen molar-refractivity contribution in [2.75, 3.05) is 6.54 Å². The summed E-state index contributed by atoms with van der Waals surface area (Å²) in [5.41, 5.74) is 2.38. The highest BCUT2D eigenvalue weighted by Crippen LogP contribution is 2.06. The molecule has 3 nitrogen and oxygen atoms in total. The van der Waals surface area contributed by atoms with Crippen LogP contribution in [-0.4, -0.2) is 16.3 Å². The van der Waals surface area contributed by atoms with E-state index in [-0.39, 0.29) is 0 Å². The van der Waals surface area contributed by atoms with Gasteiger partial charge < -0.3 is 5.32 Å². The van der Waals surface area contributed by atoms with Crippen molar-refractivity contribution in [3.8, 4) is 12.3 Å². The number of nitrogens with one attached hydrogen (secondary N) is 1. The highest BCUT2D eigenvalue weighted by atomic mass is 15.3. The van der Waals surface area contributed by atoms with Gasteiger partial charge in [-0.25, -0.2) is 0 Å². The predicted octanol–water partition coefficient (Wildman–Crippen LogP) is 1.71. The first-order valence-electron chi connectivity index (χ1n) is 5.45. The molecule has 0 aromatic carbocycles. The molecule has 0 bridgehead atoms. The minimum absolute atomic E-state index is 0.821. The van der Waals surface area contributed by atoms with Gasteiger partial charge >= 0.3 is 0 Å². The summed E-state index contributed by atoms with van der Waals surface area (Å²) >= 11 is 0. The van der Waals surface area contributed by atoms with Gasteiger partial charge in [-0.2, -0.15) is 5.10 Å². The van der Waals surface area contributed by atoms with Crippen molar-refractivity contribution in [3.05, 3.63) is 17.5 Å². The number of aromatic nitrogens is 2. The third kappa shape index (κ3) is 3.77. The number of terminal acetylenes is 1. The molecule has 3 heteroatoms. The highest BCUT2D eigenvalue weighted by Gasteiger charge is 2.03. The minimum Gasteiger partial charge on any atom is -0.313 e. The average molecular weight is 205 g/mol. The van der Waals surface area contributed by atoms with E-state index in [4.69, 9.17) is 6.42 Å². The van der Waals surface area contributed by atoms with Gasteiger partial charge in [0.25, 0.3) is 0 Å². The van der Waals surface area contributed by atoms with Crippen LogP contribution in [0.3, 0.4) is 0 Å². The fraction of sp³-hybridized carbons (Fsp3) is 0.583. The molecule has 1 N–H and O–H groups in total. The summed E-state index contributed by atoms with van der Waals surface area (Å²) in [7, 11) is 0. The first-order chi connectivity index (χ1) is 7.27. The Balaban J connectivity index is 2.49. The lowest BCUT2D eigenvalue weighted by atomic mass is 10.2. The van der Waals surface area contributed by atoms with E-state index in [1.54, 1.807) is 0 Å². The molecule has 0 aliphatic carbocycles. The lowest BCUT2D eigenvalue weighted by Crippen LogP contribution is -2.11. The van der Waals surface area contributed by atoms with E-state index < -0.39 is 0 Å². The summed E-state index contributed by atoms with van der Waals surface area (Å²) in [4.78, 5) is 0. The van der Waals surface area contributed by atoms with Crippen molar-refractivity contribution in [1.29, 1.82) is 0 Å². The standard InChI is InChI=1S/C12H19N3/c1-4-6-7-8-15-10-12(9-13-5-2)11(3)14-15/h1,10,13H,5-9H2,2-3H3. The van der Waals surface area contributed by atoms with E-state index in [0.29, 0.717) is 0 Å². The molecule has 0 spiro atoms. The second-order valence-corrected chi connectivity index (χ2v) is 3.59. The van der Waals surface area contributed by atoms with Gasteiger partial charge in [0.1, 0.15) is 0 Å². The molecule has 0 aliphatic rings. The quantitative estimate of drug-likeness (QED) is 0.566. The Bertz CT molecular complexity index is 333. The SMILES string of the molecule is C#CCCCn1cc(CNCC)c(C)n1. The lowest BCUT2D eigenvalue weighted by molar-refractivity contribution is 0.582. The average Bonchev–Trinajstić information content (AvgIpc) is 2.57. The molecule has 0 radical (unpaired) electrons. The summed E-state index contributed by atoms with van der Waals surface area (Å²) in [5, 5.41) is 7.74. The summed E-state index contributed by atoms with van der Waals surface area (Å²) in [5.74, 6) is 2.64. The number of aryl methyl sites for hydroxylation is 2. The monoisotopic (exact) mass is 205 g/mol. The van der Waals surface area contributed by atoms with E-state index in [1.165, 1.54) is 5.56 Å². The molecule has 1 aromatic heterocycles. The zero-order chi connectivity index (χ0) is 11.1. The number of unbranched alkanes of at least 4 members (excludes halogenated alkanes) is 1. The van der Waals surface area contributed by atoms with E-state index >= 15 is 0 Å². The molecule has 0 amide bonds. The zero-order valence-corrected chi connectivity index (χ0v) is 9.58. The molecule has 1 rings (SSSR count). The van der Waals surface area contributed by atoms with Gasteiger partial charge in [0.05, 0.1) is 5.69 Å². The van der Waals surface area contributed by atoms with E-state index in [2.05, 4.69) is 29.5 Å². The van der Waals surface area contributed by atoms with Crippen LogP contribution < -0.4 is 5.32 Å². The molecular weight excluding hydrogens is 186 g/mol. The Kier molecular flexibility index (Phi) is 4.92. The second kappa shape index (κ2) is 6.26. The van der Waals surface area contributed by atoms with Crippen LogP contribution in [0.5, 0.6) is 0 Å². The molecule has 0 fully saturated rings. The van der Waals surface area contributed by atoms with Gasteiger partial charge in [-0.1, -0.05) is 6.92 Å². The van der Waals surface area contributed by atoms with E-state index in [0.717, 1.165) is 38.2 Å². The normalized spacial score (nSPS) is 10.2. The molecule has 0 atom stereocenters. The molecule has 0 aliphatic heterocycles. The third-order valence-corrected chi connectivity index (χ3v) is 2.32. The fourth-order valence-corrected chi connectivity index (χ4v) is 1.45. The molecule has 0 saturated carbocycles. The van der Waals surface area contributed by atoms with Gasteiger partial charge in [-0.15, -0.1) is 12.3 Å². The largest absolute Gasteiger partial charge is 0.313 e. The van der Waals surface area contributed by atoms with Crippen LogP contribution in [0.4, 0.5) is 0 Å². The molecule has 1 aromatic rings. The van der Waals surface area contributed by atoms with Crippen molar-refractivity contribution in [2.45, 2.75) is 39.8 Å². The number of hydrogen-bond donors (Lipinski definition) is 1. The Labute approximate surface area is 91.9 Å². The van der Waals surface area contributed by atoms with Crippen molar-refractivity contribution in [3.63, 3.8) is 0 Å². The van der Waals surface area contributed by atoms with Crippen LogP contribution >= 0.6 is 0 Å². The van der Waals surface area contributed by atoms with Crippen LogP contribution in [0.1, 0.15) is 31.0 Å². The highest BCUT2D eigenvalue weighted by molar-refractivity contribution is 5.14. The third-order valence-electron chi connectivity index (χ3n) is 2.32. The van der Waals surface area contributed by atoms with E-state index in [1.807, 2.05) is 11.6 Å². The van der Waals surface area contributed by atoms with Crippen molar-refractivity contribution < 1.29 is 0 Å². The first kappa shape index (κ1) is 11.8. The predicted molar refractivity (Wildman–Crippen MR) is 62.4 cm³/mol. The van der Waals surface area contributed by atoms with Gasteiger partial charge in [-0.3, -0.25) is 4.68 Å². The van der Waals surface area contributed by atoms with Crippen LogP contribution in [0.2, 0.25) is 0 Å². The fourth-order valence-electron chi connectivity index (χ4n) is 1.45. The molecule has 82 valence electrons. The summed E-state index contributed by atoms with van der Waals surface area (Å²) < 4.78 is 1.99. The van der Waals surface area contributed by atoms with Crippen LogP contribution in [-0.2, 0) is 13.1 Å². The number of hydrogen-bond acceptors (Lipinski definition) is 2. The Morgan fingerprint density at radius 2 is 2.40 bits per heavy atom. The molecule has 0 unspecified atom stereocenters. The van der Waals surface area contributed by atoms with Crippen molar-refractivity contribution in [2.24, 2.45) is 0 Å². The van der Waals surface area contributed by atoms with Crippen LogP contribution in [0.15, 0.2) is 6.20 Å². The molecule has 15 heavy (non-hydrogen) atoms. The van der Waals surface area contributed by atoms with Gasteiger partial charge in [0.2, 0.25) is 0 Å². The maximum atomic E-state index is 5.20. The topological polar surface area (TPSA) is 29.9 Å². The Morgan fingerprint density at radius 3 is 3.07 bits per heavy atom. The van der Waals surface area contributed by atoms with Crippen LogP contribution in [0, 0.1) is 19.3 Å². The summed E-state index contributed by atoms with van der Waals surface area (Å²) in [6, 6.07) is 0.